The first-order chi connectivity index (χ1) is 9.63. The van der Waals surface area contributed by atoms with Crippen molar-refractivity contribution in [2.45, 2.75) is 50.3 Å². The summed E-state index contributed by atoms with van der Waals surface area (Å²) in [5.74, 6) is 0.173. The summed E-state index contributed by atoms with van der Waals surface area (Å²) >= 11 is 5.83. The Morgan fingerprint density at radius 1 is 1.20 bits per heavy atom. The van der Waals surface area contributed by atoms with Gasteiger partial charge in [0.25, 0.3) is 0 Å². The number of carbonyl (C=O) groups is 1. The Bertz CT molecular complexity index is 474. The molecule has 3 nitrogen and oxygen atoms in total. The number of carbonyl (C=O) groups excluding carboxylic acids is 1. The van der Waals surface area contributed by atoms with Crippen molar-refractivity contribution >= 4 is 17.4 Å². The number of aliphatic hydroxyl groups is 1. The van der Waals surface area contributed by atoms with E-state index in [2.05, 4.69) is 4.90 Å². The Balaban J connectivity index is 1.57. The van der Waals surface area contributed by atoms with Gasteiger partial charge in [-0.2, -0.15) is 0 Å². The fraction of sp³-hybridized carbons (Fsp3) is 0.562. The predicted molar refractivity (Wildman–Crippen MR) is 79.2 cm³/mol. The molecule has 0 aliphatic carbocycles. The minimum Gasteiger partial charge on any atom is -0.393 e. The normalized spacial score (nSPS) is 29.6. The third kappa shape index (κ3) is 2.90. The minimum absolute atomic E-state index is 0.143. The number of Topliss-reactive ketones (excluding diaryl/α,β-unsaturated/α-hetero) is 1. The predicted octanol–water partition coefficient (Wildman–Crippen LogP) is 2.90. The first-order valence-electron chi connectivity index (χ1n) is 7.36. The molecule has 2 heterocycles. The maximum Gasteiger partial charge on any atom is 0.164 e. The van der Waals surface area contributed by atoms with Gasteiger partial charge in [0.05, 0.1) is 6.10 Å². The van der Waals surface area contributed by atoms with E-state index in [0.29, 0.717) is 23.5 Å². The third-order valence-electron chi connectivity index (χ3n) is 4.62. The molecule has 1 aromatic rings. The molecule has 2 unspecified atom stereocenters. The van der Waals surface area contributed by atoms with Gasteiger partial charge >= 0.3 is 0 Å². The number of piperidine rings is 1. The number of ketones is 1. The average molecular weight is 294 g/mol. The molecule has 0 aromatic heterocycles. The van der Waals surface area contributed by atoms with Crippen LogP contribution in [0, 0.1) is 0 Å². The van der Waals surface area contributed by atoms with Crippen LogP contribution in [-0.4, -0.2) is 40.5 Å². The van der Waals surface area contributed by atoms with E-state index in [1.807, 2.05) is 0 Å². The number of nitrogens with zero attached hydrogens (tertiary/aromatic N) is 1. The van der Waals surface area contributed by atoms with Crippen molar-refractivity contribution in [2.24, 2.45) is 0 Å². The second-order valence-electron chi connectivity index (χ2n) is 5.93. The molecular formula is C16H20ClNO2. The van der Waals surface area contributed by atoms with Crippen molar-refractivity contribution < 1.29 is 9.90 Å². The van der Waals surface area contributed by atoms with Gasteiger partial charge in [-0.05, 0) is 49.9 Å². The summed E-state index contributed by atoms with van der Waals surface area (Å²) in [5.41, 5.74) is 0.735. The maximum atomic E-state index is 12.2. The van der Waals surface area contributed by atoms with Crippen LogP contribution in [-0.2, 0) is 0 Å². The van der Waals surface area contributed by atoms with Gasteiger partial charge in [-0.1, -0.05) is 11.6 Å². The Hall–Kier alpha value is -0.900. The Kier molecular flexibility index (Phi) is 4.11. The molecular weight excluding hydrogens is 274 g/mol. The largest absolute Gasteiger partial charge is 0.393 e. The van der Waals surface area contributed by atoms with E-state index in [4.69, 9.17) is 11.6 Å². The van der Waals surface area contributed by atoms with E-state index in [-0.39, 0.29) is 11.9 Å². The van der Waals surface area contributed by atoms with Crippen LogP contribution < -0.4 is 0 Å². The minimum atomic E-state index is -0.143. The van der Waals surface area contributed by atoms with E-state index in [1.165, 1.54) is 0 Å². The maximum absolute atomic E-state index is 12.2. The molecule has 1 N–H and O–H groups in total. The summed E-state index contributed by atoms with van der Waals surface area (Å²) in [5, 5.41) is 10.4. The Morgan fingerprint density at radius 3 is 2.40 bits per heavy atom. The molecule has 4 heteroatoms. The number of hydrogen-bond donors (Lipinski definition) is 1. The second kappa shape index (κ2) is 5.84. The summed E-state index contributed by atoms with van der Waals surface area (Å²) in [6, 6.07) is 8.05. The van der Waals surface area contributed by atoms with Gasteiger partial charge in [-0.25, -0.2) is 0 Å². The van der Waals surface area contributed by atoms with Crippen molar-refractivity contribution in [3.63, 3.8) is 0 Å². The first kappa shape index (κ1) is 14.1. The highest BCUT2D eigenvalue weighted by molar-refractivity contribution is 6.30. The van der Waals surface area contributed by atoms with Gasteiger partial charge in [-0.3, -0.25) is 9.69 Å². The molecule has 2 atom stereocenters. The molecule has 2 aliphatic heterocycles. The lowest BCUT2D eigenvalue weighted by Gasteiger charge is -2.37. The molecule has 2 saturated heterocycles. The van der Waals surface area contributed by atoms with Gasteiger partial charge in [0.1, 0.15) is 0 Å². The summed E-state index contributed by atoms with van der Waals surface area (Å²) in [6.07, 6.45) is 4.46. The lowest BCUT2D eigenvalue weighted by atomic mass is 9.99. The van der Waals surface area contributed by atoms with Crippen molar-refractivity contribution in [3.8, 4) is 0 Å². The zero-order valence-corrected chi connectivity index (χ0v) is 12.2. The van der Waals surface area contributed by atoms with Gasteiger partial charge in [0, 0.05) is 35.6 Å². The van der Waals surface area contributed by atoms with E-state index in [9.17, 15) is 9.90 Å². The van der Waals surface area contributed by atoms with Crippen LogP contribution in [0.3, 0.4) is 0 Å². The first-order valence-corrected chi connectivity index (χ1v) is 7.74. The SMILES string of the molecule is O=C(CCN1C2CCC1CC(O)C2)c1ccc(Cl)cc1. The Morgan fingerprint density at radius 2 is 1.80 bits per heavy atom. The number of fused-ring (bicyclic) bond motifs is 2. The van der Waals surface area contributed by atoms with Crippen LogP contribution in [0.1, 0.15) is 42.5 Å². The van der Waals surface area contributed by atoms with Crippen molar-refractivity contribution in [2.75, 3.05) is 6.54 Å². The number of rotatable bonds is 4. The summed E-state index contributed by atoms with van der Waals surface area (Å²) < 4.78 is 0. The third-order valence-corrected chi connectivity index (χ3v) is 4.87. The molecule has 1 aromatic carbocycles. The smallest absolute Gasteiger partial charge is 0.164 e. The number of halogens is 1. The van der Waals surface area contributed by atoms with Gasteiger partial charge in [-0.15, -0.1) is 0 Å². The van der Waals surface area contributed by atoms with Crippen LogP contribution in [0.25, 0.3) is 0 Å². The molecule has 2 fully saturated rings. The van der Waals surface area contributed by atoms with E-state index >= 15 is 0 Å². The quantitative estimate of drug-likeness (QED) is 0.868. The molecule has 0 spiro atoms. The average Bonchev–Trinajstić information content (AvgIpc) is 2.67. The van der Waals surface area contributed by atoms with E-state index in [0.717, 1.165) is 37.8 Å². The highest BCUT2D eigenvalue weighted by atomic mass is 35.5. The fourth-order valence-electron chi connectivity index (χ4n) is 3.62. The zero-order chi connectivity index (χ0) is 14.1. The summed E-state index contributed by atoms with van der Waals surface area (Å²) in [4.78, 5) is 14.6. The topological polar surface area (TPSA) is 40.5 Å². The van der Waals surface area contributed by atoms with Crippen LogP contribution in [0.2, 0.25) is 5.02 Å². The van der Waals surface area contributed by atoms with E-state index < -0.39 is 0 Å². The molecule has 2 aliphatic rings. The molecule has 0 amide bonds. The van der Waals surface area contributed by atoms with Crippen molar-refractivity contribution in [3.05, 3.63) is 34.9 Å². The van der Waals surface area contributed by atoms with Crippen molar-refractivity contribution in [1.29, 1.82) is 0 Å². The zero-order valence-electron chi connectivity index (χ0n) is 11.5. The standard InChI is InChI=1S/C16H20ClNO2/c17-12-3-1-11(2-4-12)16(20)7-8-18-13-5-6-14(18)10-15(19)9-13/h1-4,13-15,19H,5-10H2. The van der Waals surface area contributed by atoms with Crippen molar-refractivity contribution in [1.82, 2.24) is 4.90 Å². The number of benzene rings is 1. The second-order valence-corrected chi connectivity index (χ2v) is 6.36. The monoisotopic (exact) mass is 293 g/mol. The molecule has 0 radical (unpaired) electrons. The van der Waals surface area contributed by atoms with Crippen LogP contribution in [0.15, 0.2) is 24.3 Å². The summed E-state index contributed by atoms with van der Waals surface area (Å²) in [7, 11) is 0. The molecule has 108 valence electrons. The van der Waals surface area contributed by atoms with Crippen LogP contribution in [0.4, 0.5) is 0 Å². The molecule has 3 rings (SSSR count). The fourth-order valence-corrected chi connectivity index (χ4v) is 3.75. The highest BCUT2D eigenvalue weighted by Gasteiger charge is 2.39. The Labute approximate surface area is 124 Å². The summed E-state index contributed by atoms with van der Waals surface area (Å²) in [6.45, 7) is 0.809. The van der Waals surface area contributed by atoms with Gasteiger partial charge in [0.15, 0.2) is 5.78 Å². The number of aliphatic hydroxyl groups excluding tert-OH is 1. The van der Waals surface area contributed by atoms with E-state index in [1.54, 1.807) is 24.3 Å². The van der Waals surface area contributed by atoms with Crippen LogP contribution >= 0.6 is 11.6 Å². The molecule has 0 saturated carbocycles. The van der Waals surface area contributed by atoms with Crippen LogP contribution in [0.5, 0.6) is 0 Å². The highest BCUT2D eigenvalue weighted by Crippen LogP contribution is 2.35. The molecule has 2 bridgehead atoms. The lowest BCUT2D eigenvalue weighted by Crippen LogP contribution is -2.45. The lowest BCUT2D eigenvalue weighted by molar-refractivity contribution is 0.0349. The number of hydrogen-bond acceptors (Lipinski definition) is 3. The molecule has 20 heavy (non-hydrogen) atoms. The van der Waals surface area contributed by atoms with Gasteiger partial charge in [0.2, 0.25) is 0 Å². The van der Waals surface area contributed by atoms with Gasteiger partial charge < -0.3 is 5.11 Å².